The lowest BCUT2D eigenvalue weighted by atomic mass is 10.0. The summed E-state index contributed by atoms with van der Waals surface area (Å²) < 4.78 is 0. The average molecular weight is 483 g/mol. The number of amides is 3. The second kappa shape index (κ2) is 13.4. The van der Waals surface area contributed by atoms with Gasteiger partial charge in [-0.15, -0.1) is 0 Å². The number of carbonyl (C=O) groups excluding carboxylic acids is 3. The summed E-state index contributed by atoms with van der Waals surface area (Å²) in [5.41, 5.74) is 6.62. The highest BCUT2D eigenvalue weighted by Crippen LogP contribution is 2.06. The molecule has 11 nitrogen and oxygen atoms in total. The first-order chi connectivity index (χ1) is 15.5. The third-order valence-electron chi connectivity index (χ3n) is 4.75. The van der Waals surface area contributed by atoms with E-state index in [4.69, 9.17) is 15.9 Å². The molecular weight excluding hydrogens is 452 g/mol. The zero-order valence-electron chi connectivity index (χ0n) is 18.4. The number of hydrogen-bond acceptors (Lipinski definition) is 7. The van der Waals surface area contributed by atoms with E-state index in [0.29, 0.717) is 0 Å². The lowest BCUT2D eigenvalue weighted by molar-refractivity contribution is -0.147. The van der Waals surface area contributed by atoms with Gasteiger partial charge in [0.15, 0.2) is 0 Å². The van der Waals surface area contributed by atoms with Crippen molar-refractivity contribution in [1.82, 2.24) is 16.0 Å². The SMILES string of the molecule is CC(C)C(N)C(=O)NC(Cc1ccccc1)C(=O)NC(CS)C(=O)NC(CC(=O)O)C(=O)O. The molecule has 1 aromatic rings. The molecule has 3 amide bonds. The van der Waals surface area contributed by atoms with Crippen LogP contribution in [0.4, 0.5) is 0 Å². The highest BCUT2D eigenvalue weighted by atomic mass is 32.1. The van der Waals surface area contributed by atoms with Crippen molar-refractivity contribution in [3.8, 4) is 0 Å². The highest BCUT2D eigenvalue weighted by Gasteiger charge is 2.31. The van der Waals surface area contributed by atoms with Crippen molar-refractivity contribution in [2.45, 2.75) is 50.9 Å². The second-order valence-electron chi connectivity index (χ2n) is 7.76. The predicted molar refractivity (Wildman–Crippen MR) is 122 cm³/mol. The Morgan fingerprint density at radius 2 is 1.39 bits per heavy atom. The number of aliphatic carboxylic acids is 2. The second-order valence-corrected chi connectivity index (χ2v) is 8.13. The maximum atomic E-state index is 13.0. The van der Waals surface area contributed by atoms with E-state index in [1.807, 2.05) is 0 Å². The maximum absolute atomic E-state index is 13.0. The van der Waals surface area contributed by atoms with Gasteiger partial charge in [0.2, 0.25) is 17.7 Å². The first-order valence-electron chi connectivity index (χ1n) is 10.2. The minimum Gasteiger partial charge on any atom is -0.481 e. The summed E-state index contributed by atoms with van der Waals surface area (Å²) in [6, 6.07) is 3.98. The molecule has 0 bridgehead atoms. The van der Waals surface area contributed by atoms with Gasteiger partial charge in [-0.25, -0.2) is 4.79 Å². The molecule has 0 aliphatic heterocycles. The molecule has 33 heavy (non-hydrogen) atoms. The van der Waals surface area contributed by atoms with E-state index in [2.05, 4.69) is 28.6 Å². The Balaban J connectivity index is 2.99. The fourth-order valence-corrected chi connectivity index (χ4v) is 3.00. The zero-order chi connectivity index (χ0) is 25.1. The first kappa shape index (κ1) is 27.9. The summed E-state index contributed by atoms with van der Waals surface area (Å²) in [6.07, 6.45) is -0.727. The summed E-state index contributed by atoms with van der Waals surface area (Å²) in [5, 5.41) is 25.0. The molecule has 0 aromatic heterocycles. The molecule has 0 fully saturated rings. The van der Waals surface area contributed by atoms with Crippen LogP contribution in [0.2, 0.25) is 0 Å². The number of carboxylic acid groups (broad SMARTS) is 2. The van der Waals surface area contributed by atoms with Crippen molar-refractivity contribution in [2.24, 2.45) is 11.7 Å². The topological polar surface area (TPSA) is 188 Å². The number of nitrogens with two attached hydrogens (primary N) is 1. The molecule has 12 heteroatoms. The van der Waals surface area contributed by atoms with Crippen molar-refractivity contribution in [3.05, 3.63) is 35.9 Å². The van der Waals surface area contributed by atoms with Crippen LogP contribution in [0.5, 0.6) is 0 Å². The molecule has 0 saturated heterocycles. The number of thiol groups is 1. The van der Waals surface area contributed by atoms with Crippen molar-refractivity contribution in [1.29, 1.82) is 0 Å². The van der Waals surface area contributed by atoms with Gasteiger partial charge in [0.25, 0.3) is 0 Å². The molecule has 0 aliphatic carbocycles. The van der Waals surface area contributed by atoms with E-state index in [1.54, 1.807) is 44.2 Å². The van der Waals surface area contributed by atoms with Gasteiger partial charge in [-0.2, -0.15) is 12.6 Å². The van der Waals surface area contributed by atoms with Gasteiger partial charge >= 0.3 is 11.9 Å². The van der Waals surface area contributed by atoms with Crippen LogP contribution in [-0.2, 0) is 30.4 Å². The van der Waals surface area contributed by atoms with Gasteiger partial charge in [-0.1, -0.05) is 44.2 Å². The van der Waals surface area contributed by atoms with Crippen molar-refractivity contribution in [2.75, 3.05) is 5.75 Å². The van der Waals surface area contributed by atoms with E-state index >= 15 is 0 Å². The lowest BCUT2D eigenvalue weighted by Gasteiger charge is -2.25. The molecule has 0 saturated carbocycles. The summed E-state index contributed by atoms with van der Waals surface area (Å²) in [7, 11) is 0. The van der Waals surface area contributed by atoms with Crippen LogP contribution in [-0.4, -0.2) is 69.8 Å². The Labute approximate surface area is 196 Å². The van der Waals surface area contributed by atoms with Gasteiger partial charge in [0, 0.05) is 12.2 Å². The Bertz CT molecular complexity index is 850. The molecule has 0 heterocycles. The third-order valence-corrected chi connectivity index (χ3v) is 5.11. The maximum Gasteiger partial charge on any atom is 0.326 e. The molecule has 0 spiro atoms. The monoisotopic (exact) mass is 482 g/mol. The van der Waals surface area contributed by atoms with E-state index in [9.17, 15) is 24.0 Å². The fourth-order valence-electron chi connectivity index (χ4n) is 2.74. The Morgan fingerprint density at radius 1 is 0.879 bits per heavy atom. The molecular formula is C21H30N4O7S. The molecule has 0 aliphatic rings. The molecule has 1 rings (SSSR count). The van der Waals surface area contributed by atoms with Crippen LogP contribution in [0.15, 0.2) is 30.3 Å². The van der Waals surface area contributed by atoms with Crippen molar-refractivity contribution in [3.63, 3.8) is 0 Å². The van der Waals surface area contributed by atoms with Crippen molar-refractivity contribution >= 4 is 42.3 Å². The molecule has 4 unspecified atom stereocenters. The molecule has 7 N–H and O–H groups in total. The normalized spacial score (nSPS) is 14.5. The van der Waals surface area contributed by atoms with Crippen LogP contribution in [0.25, 0.3) is 0 Å². The summed E-state index contributed by atoms with van der Waals surface area (Å²) in [6.45, 7) is 3.52. The Morgan fingerprint density at radius 3 is 1.88 bits per heavy atom. The smallest absolute Gasteiger partial charge is 0.326 e. The van der Waals surface area contributed by atoms with Gasteiger partial charge in [0.05, 0.1) is 12.5 Å². The zero-order valence-corrected chi connectivity index (χ0v) is 19.2. The molecule has 4 atom stereocenters. The number of carbonyl (C=O) groups is 5. The van der Waals surface area contributed by atoms with Crippen LogP contribution in [0, 0.1) is 5.92 Å². The van der Waals surface area contributed by atoms with E-state index < -0.39 is 60.2 Å². The van der Waals surface area contributed by atoms with E-state index in [1.165, 1.54) is 0 Å². The van der Waals surface area contributed by atoms with Crippen LogP contribution in [0.3, 0.4) is 0 Å². The van der Waals surface area contributed by atoms with E-state index in [-0.39, 0.29) is 18.1 Å². The highest BCUT2D eigenvalue weighted by molar-refractivity contribution is 7.80. The Hall–Kier alpha value is -3.12. The molecule has 0 radical (unpaired) electrons. The van der Waals surface area contributed by atoms with Gasteiger partial charge in [-0.3, -0.25) is 19.2 Å². The fraction of sp³-hybridized carbons (Fsp3) is 0.476. The largest absolute Gasteiger partial charge is 0.481 e. The summed E-state index contributed by atoms with van der Waals surface area (Å²) in [4.78, 5) is 59.9. The van der Waals surface area contributed by atoms with Crippen molar-refractivity contribution < 1.29 is 34.2 Å². The van der Waals surface area contributed by atoms with Gasteiger partial charge < -0.3 is 31.9 Å². The molecule has 182 valence electrons. The van der Waals surface area contributed by atoms with Crippen LogP contribution in [0.1, 0.15) is 25.8 Å². The number of benzene rings is 1. The number of carboxylic acids is 2. The predicted octanol–water partition coefficient (Wildman–Crippen LogP) is -0.844. The average Bonchev–Trinajstić information content (AvgIpc) is 2.75. The number of rotatable bonds is 13. The van der Waals surface area contributed by atoms with Crippen LogP contribution < -0.4 is 21.7 Å². The standard InChI is InChI=1S/C21H30N4O7S/c1-11(2)17(22)20(30)23-13(8-12-6-4-3-5-7-12)18(28)25-15(10-33)19(29)24-14(21(31)32)9-16(26)27/h3-7,11,13-15,17,33H,8-10,22H2,1-2H3,(H,23,30)(H,24,29)(H,25,28)(H,26,27)(H,31,32). The third kappa shape index (κ3) is 9.49. The minimum absolute atomic E-state index is 0.112. The summed E-state index contributed by atoms with van der Waals surface area (Å²) in [5.74, 6) is -5.50. The number of hydrogen-bond donors (Lipinski definition) is 7. The van der Waals surface area contributed by atoms with Gasteiger partial charge in [-0.05, 0) is 11.5 Å². The first-order valence-corrected chi connectivity index (χ1v) is 10.9. The lowest BCUT2D eigenvalue weighted by Crippen LogP contribution is -2.58. The quantitative estimate of drug-likeness (QED) is 0.177. The Kier molecular flexibility index (Phi) is 11.4. The minimum atomic E-state index is -1.68. The number of nitrogens with one attached hydrogen (secondary N) is 3. The van der Waals surface area contributed by atoms with Crippen LogP contribution >= 0.6 is 12.6 Å². The van der Waals surface area contributed by atoms with Gasteiger partial charge in [0.1, 0.15) is 18.1 Å². The van der Waals surface area contributed by atoms with E-state index in [0.717, 1.165) is 5.56 Å². The molecule has 1 aromatic carbocycles. The summed E-state index contributed by atoms with van der Waals surface area (Å²) >= 11 is 4.02.